The van der Waals surface area contributed by atoms with Crippen molar-refractivity contribution in [3.63, 3.8) is 0 Å². The van der Waals surface area contributed by atoms with Crippen LogP contribution in [0, 0.1) is 6.92 Å². The third kappa shape index (κ3) is 2.05. The molecule has 3 rings (SSSR count). The van der Waals surface area contributed by atoms with Crippen molar-refractivity contribution in [1.29, 1.82) is 0 Å². The fraction of sp³-hybridized carbons (Fsp3) is 0.214. The Balaban J connectivity index is 2.16. The SMILES string of the molecule is CCN(c1ccc(C)cc1)c1nc(N)nc2nc[nH]c12. The van der Waals surface area contributed by atoms with E-state index >= 15 is 0 Å². The van der Waals surface area contributed by atoms with Gasteiger partial charge in [-0.15, -0.1) is 0 Å². The number of hydrogen-bond acceptors (Lipinski definition) is 5. The summed E-state index contributed by atoms with van der Waals surface area (Å²) < 4.78 is 0. The van der Waals surface area contributed by atoms with E-state index in [1.165, 1.54) is 5.56 Å². The molecule has 1 aromatic carbocycles. The zero-order chi connectivity index (χ0) is 14.1. The summed E-state index contributed by atoms with van der Waals surface area (Å²) >= 11 is 0. The van der Waals surface area contributed by atoms with Crippen molar-refractivity contribution in [3.8, 4) is 0 Å². The number of nitrogens with two attached hydrogens (primary N) is 1. The second-order valence-corrected chi connectivity index (χ2v) is 4.59. The van der Waals surface area contributed by atoms with Crippen molar-refractivity contribution >= 4 is 28.6 Å². The van der Waals surface area contributed by atoms with Crippen molar-refractivity contribution in [1.82, 2.24) is 19.9 Å². The van der Waals surface area contributed by atoms with Gasteiger partial charge in [-0.2, -0.15) is 9.97 Å². The summed E-state index contributed by atoms with van der Waals surface area (Å²) in [4.78, 5) is 17.8. The third-order valence-corrected chi connectivity index (χ3v) is 3.20. The Bertz CT molecular complexity index is 731. The molecule has 0 atom stereocenters. The monoisotopic (exact) mass is 268 g/mol. The van der Waals surface area contributed by atoms with Crippen LogP contribution in [0.2, 0.25) is 0 Å². The van der Waals surface area contributed by atoms with Crippen LogP contribution >= 0.6 is 0 Å². The lowest BCUT2D eigenvalue weighted by molar-refractivity contribution is 0.989. The minimum Gasteiger partial charge on any atom is -0.368 e. The maximum atomic E-state index is 5.78. The summed E-state index contributed by atoms with van der Waals surface area (Å²) in [5, 5.41) is 0. The topological polar surface area (TPSA) is 83.7 Å². The number of nitrogens with one attached hydrogen (secondary N) is 1. The first-order valence-corrected chi connectivity index (χ1v) is 6.50. The van der Waals surface area contributed by atoms with Crippen LogP contribution in [0.25, 0.3) is 11.2 Å². The van der Waals surface area contributed by atoms with Crippen LogP contribution in [0.15, 0.2) is 30.6 Å². The maximum Gasteiger partial charge on any atom is 0.224 e. The second kappa shape index (κ2) is 4.80. The molecule has 0 saturated heterocycles. The minimum atomic E-state index is 0.227. The van der Waals surface area contributed by atoms with E-state index in [-0.39, 0.29) is 5.95 Å². The van der Waals surface area contributed by atoms with Gasteiger partial charge in [-0.3, -0.25) is 0 Å². The van der Waals surface area contributed by atoms with Gasteiger partial charge in [0.2, 0.25) is 5.95 Å². The van der Waals surface area contributed by atoms with Crippen LogP contribution in [0.4, 0.5) is 17.5 Å². The number of nitrogens with zero attached hydrogens (tertiary/aromatic N) is 4. The summed E-state index contributed by atoms with van der Waals surface area (Å²) in [7, 11) is 0. The van der Waals surface area contributed by atoms with Crippen LogP contribution in [-0.2, 0) is 0 Å². The molecule has 102 valence electrons. The maximum absolute atomic E-state index is 5.78. The first kappa shape index (κ1) is 12.4. The largest absolute Gasteiger partial charge is 0.368 e. The molecule has 0 saturated carbocycles. The summed E-state index contributed by atoms with van der Waals surface area (Å²) in [5.41, 5.74) is 9.43. The molecule has 20 heavy (non-hydrogen) atoms. The van der Waals surface area contributed by atoms with E-state index in [1.54, 1.807) is 6.33 Å². The highest BCUT2D eigenvalue weighted by atomic mass is 15.2. The average molecular weight is 268 g/mol. The molecule has 0 amide bonds. The van der Waals surface area contributed by atoms with E-state index in [4.69, 9.17) is 5.73 Å². The van der Waals surface area contributed by atoms with E-state index in [1.807, 2.05) is 0 Å². The Hall–Kier alpha value is -2.63. The molecule has 0 aliphatic heterocycles. The fourth-order valence-corrected chi connectivity index (χ4v) is 2.21. The van der Waals surface area contributed by atoms with Gasteiger partial charge < -0.3 is 15.6 Å². The Morgan fingerprint density at radius 2 is 1.95 bits per heavy atom. The van der Waals surface area contributed by atoms with Crippen LogP contribution in [-0.4, -0.2) is 26.5 Å². The number of fused-ring (bicyclic) bond motifs is 1. The van der Waals surface area contributed by atoms with Gasteiger partial charge in [0.05, 0.1) is 6.33 Å². The Morgan fingerprint density at radius 1 is 1.20 bits per heavy atom. The molecule has 0 aliphatic rings. The van der Waals surface area contributed by atoms with Crippen LogP contribution in [0.3, 0.4) is 0 Å². The number of aromatic nitrogens is 4. The number of H-pyrrole nitrogens is 1. The molecule has 0 spiro atoms. The molecular weight excluding hydrogens is 252 g/mol. The molecule has 0 unspecified atom stereocenters. The summed E-state index contributed by atoms with van der Waals surface area (Å²) in [6.07, 6.45) is 1.60. The van der Waals surface area contributed by atoms with Crippen LogP contribution in [0.5, 0.6) is 0 Å². The van der Waals surface area contributed by atoms with E-state index in [9.17, 15) is 0 Å². The molecule has 0 aliphatic carbocycles. The van der Waals surface area contributed by atoms with Crippen molar-refractivity contribution in [3.05, 3.63) is 36.2 Å². The number of aryl methyl sites for hydroxylation is 1. The van der Waals surface area contributed by atoms with Gasteiger partial charge in [0, 0.05) is 12.2 Å². The molecule has 3 N–H and O–H groups in total. The molecule has 3 aromatic rings. The van der Waals surface area contributed by atoms with Gasteiger partial charge in [-0.1, -0.05) is 17.7 Å². The van der Waals surface area contributed by atoms with Gasteiger partial charge in [0.25, 0.3) is 0 Å². The predicted molar refractivity (Wildman–Crippen MR) is 80.0 cm³/mol. The normalized spacial score (nSPS) is 10.9. The van der Waals surface area contributed by atoms with Gasteiger partial charge in [-0.25, -0.2) is 4.98 Å². The highest BCUT2D eigenvalue weighted by molar-refractivity contribution is 5.86. The molecule has 0 radical (unpaired) electrons. The van der Waals surface area contributed by atoms with Gasteiger partial charge in [-0.05, 0) is 26.0 Å². The third-order valence-electron chi connectivity index (χ3n) is 3.20. The predicted octanol–water partition coefficient (Wildman–Crippen LogP) is 2.40. The number of imidazole rings is 1. The number of anilines is 3. The van der Waals surface area contributed by atoms with E-state index in [0.717, 1.165) is 23.6 Å². The standard InChI is InChI=1S/C14H16N6/c1-3-20(10-6-4-9(2)5-7-10)13-11-12(17-8-16-11)18-14(15)19-13/h4-8H,3H2,1-2H3,(H3,15,16,17,18,19). The fourth-order valence-electron chi connectivity index (χ4n) is 2.21. The summed E-state index contributed by atoms with van der Waals surface area (Å²) in [6, 6.07) is 8.29. The zero-order valence-electron chi connectivity index (χ0n) is 11.5. The Labute approximate surface area is 116 Å². The number of benzene rings is 1. The highest BCUT2D eigenvalue weighted by Crippen LogP contribution is 2.28. The van der Waals surface area contributed by atoms with E-state index < -0.39 is 0 Å². The molecule has 6 heteroatoms. The quantitative estimate of drug-likeness (QED) is 0.762. The van der Waals surface area contributed by atoms with Gasteiger partial charge in [0.15, 0.2) is 11.5 Å². The van der Waals surface area contributed by atoms with E-state index in [2.05, 4.69) is 62.9 Å². The lowest BCUT2D eigenvalue weighted by Crippen LogP contribution is -2.18. The Kier molecular flexibility index (Phi) is 2.98. The molecule has 0 bridgehead atoms. The van der Waals surface area contributed by atoms with E-state index in [0.29, 0.717) is 5.65 Å². The zero-order valence-corrected chi connectivity index (χ0v) is 11.5. The van der Waals surface area contributed by atoms with Crippen molar-refractivity contribution in [2.24, 2.45) is 0 Å². The lowest BCUT2D eigenvalue weighted by atomic mass is 10.2. The first-order valence-electron chi connectivity index (χ1n) is 6.50. The first-order chi connectivity index (χ1) is 9.69. The van der Waals surface area contributed by atoms with Crippen LogP contribution < -0.4 is 10.6 Å². The Morgan fingerprint density at radius 3 is 2.65 bits per heavy atom. The number of rotatable bonds is 3. The van der Waals surface area contributed by atoms with Crippen molar-refractivity contribution < 1.29 is 0 Å². The summed E-state index contributed by atoms with van der Waals surface area (Å²) in [6.45, 7) is 4.91. The molecule has 2 heterocycles. The summed E-state index contributed by atoms with van der Waals surface area (Å²) in [5.74, 6) is 0.974. The van der Waals surface area contributed by atoms with Gasteiger partial charge in [0.1, 0.15) is 5.52 Å². The number of nitrogen functional groups attached to an aromatic ring is 1. The van der Waals surface area contributed by atoms with Crippen LogP contribution in [0.1, 0.15) is 12.5 Å². The molecule has 2 aromatic heterocycles. The smallest absolute Gasteiger partial charge is 0.224 e. The molecule has 0 fully saturated rings. The van der Waals surface area contributed by atoms with Crippen molar-refractivity contribution in [2.45, 2.75) is 13.8 Å². The highest BCUT2D eigenvalue weighted by Gasteiger charge is 2.15. The van der Waals surface area contributed by atoms with Crippen molar-refractivity contribution in [2.75, 3.05) is 17.2 Å². The average Bonchev–Trinajstić information content (AvgIpc) is 2.89. The molecular formula is C14H16N6. The lowest BCUT2D eigenvalue weighted by Gasteiger charge is -2.22. The minimum absolute atomic E-state index is 0.227. The van der Waals surface area contributed by atoms with Gasteiger partial charge >= 0.3 is 0 Å². The molecule has 6 nitrogen and oxygen atoms in total. The number of aromatic amines is 1. The second-order valence-electron chi connectivity index (χ2n) is 4.59. The number of hydrogen-bond donors (Lipinski definition) is 2.